The van der Waals surface area contributed by atoms with Gasteiger partial charge in [0.25, 0.3) is 0 Å². The lowest BCUT2D eigenvalue weighted by atomic mass is 10.2. The van der Waals surface area contributed by atoms with Crippen molar-refractivity contribution in [2.75, 3.05) is 32.9 Å². The molecular weight excluding hydrogens is 238 g/mol. The Morgan fingerprint density at radius 3 is 2.53 bits per heavy atom. The van der Waals surface area contributed by atoms with Gasteiger partial charge >= 0.3 is 0 Å². The number of aliphatic hydroxyl groups excluding tert-OH is 1. The summed E-state index contributed by atoms with van der Waals surface area (Å²) in [5, 5.41) is 9.10. The number of unbranched alkanes of at least 4 members (excludes halogenated alkanes) is 2. The molecular formula is C16H27NO2. The van der Waals surface area contributed by atoms with Crippen LogP contribution >= 0.6 is 0 Å². The Hall–Kier alpha value is -0.900. The van der Waals surface area contributed by atoms with E-state index < -0.39 is 0 Å². The van der Waals surface area contributed by atoms with E-state index in [2.05, 4.69) is 24.0 Å². The van der Waals surface area contributed by atoms with E-state index in [9.17, 15) is 0 Å². The van der Waals surface area contributed by atoms with E-state index in [0.717, 1.165) is 32.7 Å². The van der Waals surface area contributed by atoms with Gasteiger partial charge in [-0.15, -0.1) is 0 Å². The number of ether oxygens (including phenoxy) is 1. The fourth-order valence-corrected chi connectivity index (χ4v) is 2.00. The summed E-state index contributed by atoms with van der Waals surface area (Å²) in [5.74, 6) is 0. The molecule has 0 aliphatic heterocycles. The molecule has 0 unspecified atom stereocenters. The van der Waals surface area contributed by atoms with E-state index >= 15 is 0 Å². The maximum atomic E-state index is 9.10. The monoisotopic (exact) mass is 265 g/mol. The van der Waals surface area contributed by atoms with Crippen LogP contribution in [0.25, 0.3) is 0 Å². The van der Waals surface area contributed by atoms with Crippen molar-refractivity contribution in [3.63, 3.8) is 0 Å². The van der Waals surface area contributed by atoms with E-state index in [0.29, 0.717) is 6.54 Å². The van der Waals surface area contributed by atoms with Crippen molar-refractivity contribution in [1.29, 1.82) is 0 Å². The van der Waals surface area contributed by atoms with Crippen LogP contribution in [-0.2, 0) is 11.3 Å². The molecule has 1 aromatic carbocycles. The van der Waals surface area contributed by atoms with Gasteiger partial charge in [0.1, 0.15) is 0 Å². The standard InChI is InChI=1S/C16H27NO2/c1-2-3-7-13-19-14-11-17(10-12-18)15-16-8-5-4-6-9-16/h4-6,8-9,18H,2-3,7,10-15H2,1H3. The lowest BCUT2D eigenvalue weighted by Gasteiger charge is -2.21. The summed E-state index contributed by atoms with van der Waals surface area (Å²) in [4.78, 5) is 2.23. The number of aliphatic hydroxyl groups is 1. The van der Waals surface area contributed by atoms with Gasteiger partial charge < -0.3 is 9.84 Å². The summed E-state index contributed by atoms with van der Waals surface area (Å²) in [5.41, 5.74) is 1.28. The van der Waals surface area contributed by atoms with Gasteiger partial charge in [-0.05, 0) is 12.0 Å². The SMILES string of the molecule is CCCCCOCCN(CCO)Cc1ccccc1. The molecule has 0 spiro atoms. The topological polar surface area (TPSA) is 32.7 Å². The van der Waals surface area contributed by atoms with Gasteiger partial charge in [-0.1, -0.05) is 50.1 Å². The highest BCUT2D eigenvalue weighted by atomic mass is 16.5. The molecule has 3 nitrogen and oxygen atoms in total. The van der Waals surface area contributed by atoms with Crippen LogP contribution in [0.5, 0.6) is 0 Å². The fraction of sp³-hybridized carbons (Fsp3) is 0.625. The Bertz CT molecular complexity index is 303. The molecule has 0 atom stereocenters. The van der Waals surface area contributed by atoms with Crippen molar-refractivity contribution < 1.29 is 9.84 Å². The first-order valence-corrected chi connectivity index (χ1v) is 7.31. The maximum absolute atomic E-state index is 9.10. The smallest absolute Gasteiger partial charge is 0.0593 e. The Kier molecular flexibility index (Phi) is 9.33. The number of nitrogens with zero attached hydrogens (tertiary/aromatic N) is 1. The molecule has 0 heterocycles. The predicted molar refractivity (Wildman–Crippen MR) is 79.1 cm³/mol. The van der Waals surface area contributed by atoms with Crippen LogP contribution in [0, 0.1) is 0 Å². The molecule has 3 heteroatoms. The first-order chi connectivity index (χ1) is 9.36. The second kappa shape index (κ2) is 11.0. The van der Waals surface area contributed by atoms with Crippen LogP contribution in [0.3, 0.4) is 0 Å². The minimum absolute atomic E-state index is 0.197. The summed E-state index contributed by atoms with van der Waals surface area (Å²) >= 11 is 0. The van der Waals surface area contributed by atoms with E-state index in [4.69, 9.17) is 9.84 Å². The minimum Gasteiger partial charge on any atom is -0.395 e. The summed E-state index contributed by atoms with van der Waals surface area (Å²) in [6, 6.07) is 10.4. The third-order valence-electron chi connectivity index (χ3n) is 3.11. The molecule has 0 radical (unpaired) electrons. The van der Waals surface area contributed by atoms with Gasteiger partial charge in [-0.2, -0.15) is 0 Å². The van der Waals surface area contributed by atoms with E-state index in [-0.39, 0.29) is 6.61 Å². The fourth-order valence-electron chi connectivity index (χ4n) is 2.00. The molecule has 0 aromatic heterocycles. The molecule has 0 amide bonds. The van der Waals surface area contributed by atoms with Crippen LogP contribution in [-0.4, -0.2) is 42.9 Å². The van der Waals surface area contributed by atoms with E-state index in [1.807, 2.05) is 18.2 Å². The molecule has 0 bridgehead atoms. The Labute approximate surface area is 117 Å². The first kappa shape index (κ1) is 16.2. The normalized spacial score (nSPS) is 11.1. The second-order valence-electron chi connectivity index (χ2n) is 4.80. The molecule has 0 aliphatic rings. The number of hydrogen-bond donors (Lipinski definition) is 1. The van der Waals surface area contributed by atoms with Crippen LogP contribution < -0.4 is 0 Å². The molecule has 1 aromatic rings. The second-order valence-corrected chi connectivity index (χ2v) is 4.80. The first-order valence-electron chi connectivity index (χ1n) is 7.31. The zero-order valence-corrected chi connectivity index (χ0v) is 12.1. The highest BCUT2D eigenvalue weighted by Crippen LogP contribution is 2.04. The van der Waals surface area contributed by atoms with Crippen molar-refractivity contribution in [1.82, 2.24) is 4.90 Å². The molecule has 1 N–H and O–H groups in total. The van der Waals surface area contributed by atoms with Crippen molar-refractivity contribution in [2.24, 2.45) is 0 Å². The van der Waals surface area contributed by atoms with Gasteiger partial charge in [-0.3, -0.25) is 4.90 Å². The average molecular weight is 265 g/mol. The van der Waals surface area contributed by atoms with Crippen molar-refractivity contribution in [3.8, 4) is 0 Å². The van der Waals surface area contributed by atoms with E-state index in [1.165, 1.54) is 18.4 Å². The van der Waals surface area contributed by atoms with Gasteiger partial charge in [-0.25, -0.2) is 0 Å². The lowest BCUT2D eigenvalue weighted by molar-refractivity contribution is 0.0905. The third kappa shape index (κ3) is 7.98. The molecule has 0 saturated heterocycles. The zero-order valence-electron chi connectivity index (χ0n) is 12.1. The average Bonchev–Trinajstić information content (AvgIpc) is 2.44. The van der Waals surface area contributed by atoms with Gasteiger partial charge in [0.2, 0.25) is 0 Å². The maximum Gasteiger partial charge on any atom is 0.0593 e. The van der Waals surface area contributed by atoms with E-state index in [1.54, 1.807) is 0 Å². The predicted octanol–water partition coefficient (Wildman–Crippen LogP) is 2.69. The molecule has 0 saturated carbocycles. The molecule has 108 valence electrons. The quantitative estimate of drug-likeness (QED) is 0.624. The van der Waals surface area contributed by atoms with Gasteiger partial charge in [0, 0.05) is 26.2 Å². The van der Waals surface area contributed by atoms with Crippen LogP contribution in [0.2, 0.25) is 0 Å². The van der Waals surface area contributed by atoms with Gasteiger partial charge in [0.05, 0.1) is 13.2 Å². The summed E-state index contributed by atoms with van der Waals surface area (Å²) in [6.07, 6.45) is 3.62. The van der Waals surface area contributed by atoms with Crippen molar-refractivity contribution in [2.45, 2.75) is 32.7 Å². The molecule has 0 aliphatic carbocycles. The number of hydrogen-bond acceptors (Lipinski definition) is 3. The number of rotatable bonds is 11. The highest BCUT2D eigenvalue weighted by Gasteiger charge is 2.05. The lowest BCUT2D eigenvalue weighted by Crippen LogP contribution is -2.30. The Morgan fingerprint density at radius 1 is 1.05 bits per heavy atom. The van der Waals surface area contributed by atoms with Gasteiger partial charge in [0.15, 0.2) is 0 Å². The molecule has 19 heavy (non-hydrogen) atoms. The largest absolute Gasteiger partial charge is 0.395 e. The Morgan fingerprint density at radius 2 is 1.84 bits per heavy atom. The number of benzene rings is 1. The zero-order chi connectivity index (χ0) is 13.8. The van der Waals surface area contributed by atoms with Crippen molar-refractivity contribution >= 4 is 0 Å². The summed E-state index contributed by atoms with van der Waals surface area (Å²) in [6.45, 7) is 6.45. The van der Waals surface area contributed by atoms with Crippen molar-refractivity contribution in [3.05, 3.63) is 35.9 Å². The third-order valence-corrected chi connectivity index (χ3v) is 3.11. The van der Waals surface area contributed by atoms with Crippen LogP contribution in [0.15, 0.2) is 30.3 Å². The minimum atomic E-state index is 0.197. The van der Waals surface area contributed by atoms with Crippen LogP contribution in [0.4, 0.5) is 0 Å². The summed E-state index contributed by atoms with van der Waals surface area (Å²) < 4.78 is 5.63. The summed E-state index contributed by atoms with van der Waals surface area (Å²) in [7, 11) is 0. The van der Waals surface area contributed by atoms with Crippen LogP contribution in [0.1, 0.15) is 31.7 Å². The molecule has 1 rings (SSSR count). The Balaban J connectivity index is 2.21. The molecule has 0 fully saturated rings. The highest BCUT2D eigenvalue weighted by molar-refractivity contribution is 5.14.